The van der Waals surface area contributed by atoms with Crippen LogP contribution < -0.4 is 10.2 Å². The van der Waals surface area contributed by atoms with E-state index in [4.69, 9.17) is 0 Å². The van der Waals surface area contributed by atoms with Crippen LogP contribution in [0.15, 0.2) is 55.0 Å². The SMILES string of the molecule is C=C(C)NCC1CC(=C)N(c2ccc(-n3ccc(C)n3)c(F)c2)C1. The van der Waals surface area contributed by atoms with Gasteiger partial charge in [0, 0.05) is 36.4 Å². The van der Waals surface area contributed by atoms with Gasteiger partial charge in [-0.05, 0) is 50.5 Å². The van der Waals surface area contributed by atoms with E-state index in [1.54, 1.807) is 23.0 Å². The molecular weight excluding hydrogens is 303 g/mol. The van der Waals surface area contributed by atoms with E-state index in [0.29, 0.717) is 11.6 Å². The Morgan fingerprint density at radius 2 is 2.21 bits per heavy atom. The lowest BCUT2D eigenvalue weighted by molar-refractivity contribution is 0.556. The van der Waals surface area contributed by atoms with Crippen molar-refractivity contribution >= 4 is 5.69 Å². The van der Waals surface area contributed by atoms with Gasteiger partial charge in [0.05, 0.1) is 5.69 Å². The Morgan fingerprint density at radius 3 is 2.83 bits per heavy atom. The number of nitrogens with zero attached hydrogens (tertiary/aromatic N) is 3. The van der Waals surface area contributed by atoms with E-state index in [2.05, 4.69) is 28.5 Å². The summed E-state index contributed by atoms with van der Waals surface area (Å²) < 4.78 is 16.1. The molecule has 2 heterocycles. The monoisotopic (exact) mass is 326 g/mol. The zero-order valence-corrected chi connectivity index (χ0v) is 14.2. The number of benzene rings is 1. The quantitative estimate of drug-likeness (QED) is 0.907. The average Bonchev–Trinajstić information content (AvgIpc) is 3.11. The van der Waals surface area contributed by atoms with Crippen molar-refractivity contribution in [1.29, 1.82) is 0 Å². The van der Waals surface area contributed by atoms with Crippen molar-refractivity contribution in [3.05, 3.63) is 66.5 Å². The second-order valence-electron chi connectivity index (χ2n) is 6.45. The number of nitrogens with one attached hydrogen (secondary N) is 1. The van der Waals surface area contributed by atoms with Crippen LogP contribution in [0.3, 0.4) is 0 Å². The molecular formula is C19H23FN4. The molecule has 1 N–H and O–H groups in total. The van der Waals surface area contributed by atoms with Gasteiger partial charge in [-0.15, -0.1) is 0 Å². The van der Waals surface area contributed by atoms with Crippen LogP contribution in [0.1, 0.15) is 19.0 Å². The second kappa shape index (κ2) is 6.51. The highest BCUT2D eigenvalue weighted by Gasteiger charge is 2.26. The van der Waals surface area contributed by atoms with Crippen LogP contribution >= 0.6 is 0 Å². The molecule has 1 aliphatic rings. The molecule has 1 aromatic heterocycles. The Kier molecular flexibility index (Phi) is 4.42. The van der Waals surface area contributed by atoms with Gasteiger partial charge in [-0.25, -0.2) is 9.07 Å². The first-order valence-electron chi connectivity index (χ1n) is 8.11. The third-order valence-corrected chi connectivity index (χ3v) is 4.25. The van der Waals surface area contributed by atoms with Crippen LogP contribution in [0, 0.1) is 18.7 Å². The van der Waals surface area contributed by atoms with Gasteiger partial charge in [-0.2, -0.15) is 5.10 Å². The number of aromatic nitrogens is 2. The normalized spacial score (nSPS) is 17.4. The minimum Gasteiger partial charge on any atom is -0.389 e. The summed E-state index contributed by atoms with van der Waals surface area (Å²) in [5.74, 6) is 0.164. The zero-order chi connectivity index (χ0) is 17.3. The highest BCUT2D eigenvalue weighted by molar-refractivity contribution is 5.56. The maximum absolute atomic E-state index is 14.5. The van der Waals surface area contributed by atoms with Crippen LogP contribution in [0.5, 0.6) is 0 Å². The lowest BCUT2D eigenvalue weighted by atomic mass is 10.1. The maximum atomic E-state index is 14.5. The van der Waals surface area contributed by atoms with E-state index < -0.39 is 0 Å². The minimum atomic E-state index is -0.285. The first-order valence-corrected chi connectivity index (χ1v) is 8.11. The molecule has 1 atom stereocenters. The Bertz CT molecular complexity index is 777. The van der Waals surface area contributed by atoms with Crippen LogP contribution in [0.4, 0.5) is 10.1 Å². The van der Waals surface area contributed by atoms with Crippen LogP contribution in [-0.2, 0) is 0 Å². The second-order valence-corrected chi connectivity index (χ2v) is 6.45. The largest absolute Gasteiger partial charge is 0.389 e. The highest BCUT2D eigenvalue weighted by Crippen LogP contribution is 2.32. The molecule has 24 heavy (non-hydrogen) atoms. The average molecular weight is 326 g/mol. The fourth-order valence-electron chi connectivity index (χ4n) is 3.04. The van der Waals surface area contributed by atoms with Gasteiger partial charge in [0.2, 0.25) is 0 Å². The van der Waals surface area contributed by atoms with Gasteiger partial charge in [0.1, 0.15) is 5.69 Å². The molecule has 126 valence electrons. The topological polar surface area (TPSA) is 33.1 Å². The van der Waals surface area contributed by atoms with Gasteiger partial charge in [0.15, 0.2) is 5.82 Å². The number of hydrogen-bond acceptors (Lipinski definition) is 3. The zero-order valence-electron chi connectivity index (χ0n) is 14.2. The van der Waals surface area contributed by atoms with Crippen molar-refractivity contribution in [2.75, 3.05) is 18.0 Å². The third-order valence-electron chi connectivity index (χ3n) is 4.25. The molecule has 0 spiro atoms. The summed E-state index contributed by atoms with van der Waals surface area (Å²) in [4.78, 5) is 2.09. The fraction of sp³-hybridized carbons (Fsp3) is 0.316. The summed E-state index contributed by atoms with van der Waals surface area (Å²) in [7, 11) is 0. The molecule has 1 aromatic carbocycles. The van der Waals surface area contributed by atoms with Crippen LogP contribution in [0.25, 0.3) is 5.69 Å². The Balaban J connectivity index is 1.77. The van der Waals surface area contributed by atoms with E-state index >= 15 is 0 Å². The summed E-state index contributed by atoms with van der Waals surface area (Å²) in [6, 6.07) is 7.11. The summed E-state index contributed by atoms with van der Waals surface area (Å²) in [6.07, 6.45) is 2.67. The van der Waals surface area contributed by atoms with Crippen molar-refractivity contribution in [1.82, 2.24) is 15.1 Å². The van der Waals surface area contributed by atoms with Gasteiger partial charge >= 0.3 is 0 Å². The molecule has 2 aromatic rings. The Hall–Kier alpha value is -2.56. The number of hydrogen-bond donors (Lipinski definition) is 1. The third kappa shape index (κ3) is 3.35. The molecule has 3 rings (SSSR count). The molecule has 5 heteroatoms. The smallest absolute Gasteiger partial charge is 0.150 e. The molecule has 1 aliphatic heterocycles. The molecule has 0 aliphatic carbocycles. The predicted molar refractivity (Wildman–Crippen MR) is 95.7 cm³/mol. The predicted octanol–water partition coefficient (Wildman–Crippen LogP) is 3.78. The first-order chi connectivity index (χ1) is 11.4. The first kappa shape index (κ1) is 16.3. The van der Waals surface area contributed by atoms with Gasteiger partial charge in [-0.3, -0.25) is 0 Å². The molecule has 0 amide bonds. The van der Waals surface area contributed by atoms with Crippen LogP contribution in [-0.4, -0.2) is 22.9 Å². The number of allylic oxidation sites excluding steroid dienone is 2. The number of anilines is 1. The number of rotatable bonds is 5. The van der Waals surface area contributed by atoms with Crippen molar-refractivity contribution in [2.45, 2.75) is 20.3 Å². The molecule has 0 bridgehead atoms. The molecule has 0 saturated carbocycles. The summed E-state index contributed by atoms with van der Waals surface area (Å²) in [5, 5.41) is 7.54. The van der Waals surface area contributed by atoms with Crippen molar-refractivity contribution in [3.8, 4) is 5.69 Å². The standard InChI is InChI=1S/C19H23FN4/c1-13(2)21-11-16-9-15(4)23(12-16)17-5-6-19(18(20)10-17)24-8-7-14(3)22-24/h5-8,10,16,21H,1,4,9,11-12H2,2-3H3. The lowest BCUT2D eigenvalue weighted by Crippen LogP contribution is -2.25. The molecule has 1 fully saturated rings. The fourth-order valence-corrected chi connectivity index (χ4v) is 3.04. The highest BCUT2D eigenvalue weighted by atomic mass is 19.1. The molecule has 4 nitrogen and oxygen atoms in total. The number of halogens is 1. The van der Waals surface area contributed by atoms with E-state index in [-0.39, 0.29) is 5.82 Å². The molecule has 0 radical (unpaired) electrons. The van der Waals surface area contributed by atoms with Crippen molar-refractivity contribution in [2.24, 2.45) is 5.92 Å². The Morgan fingerprint density at radius 1 is 1.42 bits per heavy atom. The number of aryl methyl sites for hydroxylation is 1. The molecule has 1 unspecified atom stereocenters. The summed E-state index contributed by atoms with van der Waals surface area (Å²) in [5.41, 5.74) is 4.13. The van der Waals surface area contributed by atoms with Crippen LogP contribution in [0.2, 0.25) is 0 Å². The Labute approximate surface area is 142 Å². The van der Waals surface area contributed by atoms with E-state index in [0.717, 1.165) is 42.3 Å². The van der Waals surface area contributed by atoms with Gasteiger partial charge < -0.3 is 10.2 Å². The lowest BCUT2D eigenvalue weighted by Gasteiger charge is -2.21. The molecule has 1 saturated heterocycles. The summed E-state index contributed by atoms with van der Waals surface area (Å²) >= 11 is 0. The van der Waals surface area contributed by atoms with E-state index in [1.165, 1.54) is 0 Å². The van der Waals surface area contributed by atoms with E-state index in [1.807, 2.05) is 26.0 Å². The van der Waals surface area contributed by atoms with Crippen molar-refractivity contribution < 1.29 is 4.39 Å². The van der Waals surface area contributed by atoms with Crippen molar-refractivity contribution in [3.63, 3.8) is 0 Å². The minimum absolute atomic E-state index is 0.285. The van der Waals surface area contributed by atoms with E-state index in [9.17, 15) is 4.39 Å². The maximum Gasteiger partial charge on any atom is 0.150 e. The van der Waals surface area contributed by atoms with Gasteiger partial charge in [-0.1, -0.05) is 13.2 Å². The summed E-state index contributed by atoms with van der Waals surface area (Å²) in [6.45, 7) is 13.5. The van der Waals surface area contributed by atoms with Gasteiger partial charge in [0.25, 0.3) is 0 Å².